The third-order valence-electron chi connectivity index (χ3n) is 5.78. The Morgan fingerprint density at radius 1 is 1.39 bits per heavy atom. The van der Waals surface area contributed by atoms with Gasteiger partial charge in [0.1, 0.15) is 5.54 Å². The topological polar surface area (TPSA) is 107 Å². The standard InChI is InChI=1S/C18H30N8O2/c1-18(14(27)22-16(28)23-18)12-6-8-26(9-7-12)15(19-2)20-10-13-11-21-17(24(3)4)25(13)5/h11-12H,6-10H2,1-5H3,(H,19,20)(H2,22,23,27,28). The number of imide groups is 1. The number of nitrogens with one attached hydrogen (secondary N) is 3. The van der Waals surface area contributed by atoms with Gasteiger partial charge >= 0.3 is 6.03 Å². The summed E-state index contributed by atoms with van der Waals surface area (Å²) >= 11 is 0. The zero-order chi connectivity index (χ0) is 20.5. The van der Waals surface area contributed by atoms with Gasteiger partial charge in [0.15, 0.2) is 5.96 Å². The Morgan fingerprint density at radius 3 is 2.57 bits per heavy atom. The molecular weight excluding hydrogens is 360 g/mol. The molecule has 1 aromatic rings. The minimum atomic E-state index is -0.822. The maximum Gasteiger partial charge on any atom is 0.322 e. The molecule has 3 N–H and O–H groups in total. The van der Waals surface area contributed by atoms with Crippen LogP contribution in [0.3, 0.4) is 0 Å². The monoisotopic (exact) mass is 390 g/mol. The Hall–Kier alpha value is -2.78. The van der Waals surface area contributed by atoms with Crippen LogP contribution in [0.2, 0.25) is 0 Å². The third-order valence-corrected chi connectivity index (χ3v) is 5.78. The highest BCUT2D eigenvalue weighted by atomic mass is 16.2. The van der Waals surface area contributed by atoms with Crippen molar-refractivity contribution in [3.05, 3.63) is 11.9 Å². The van der Waals surface area contributed by atoms with E-state index in [1.54, 1.807) is 7.05 Å². The number of nitrogens with zero attached hydrogens (tertiary/aromatic N) is 5. The maximum atomic E-state index is 12.2. The minimum absolute atomic E-state index is 0.105. The van der Waals surface area contributed by atoms with Crippen molar-refractivity contribution >= 4 is 23.8 Å². The molecule has 1 unspecified atom stereocenters. The van der Waals surface area contributed by atoms with Crippen molar-refractivity contribution in [2.45, 2.75) is 31.8 Å². The van der Waals surface area contributed by atoms with E-state index in [9.17, 15) is 9.59 Å². The number of imidazole rings is 1. The van der Waals surface area contributed by atoms with Crippen molar-refractivity contribution in [3.8, 4) is 0 Å². The molecule has 0 aliphatic carbocycles. The van der Waals surface area contributed by atoms with Crippen LogP contribution in [0.25, 0.3) is 0 Å². The van der Waals surface area contributed by atoms with Gasteiger partial charge in [-0.05, 0) is 25.7 Å². The summed E-state index contributed by atoms with van der Waals surface area (Å²) in [5, 5.41) is 8.55. The number of urea groups is 1. The molecule has 28 heavy (non-hydrogen) atoms. The molecule has 3 amide bonds. The fraction of sp³-hybridized carbons (Fsp3) is 0.667. The van der Waals surface area contributed by atoms with E-state index in [2.05, 4.69) is 35.4 Å². The number of carbonyl (C=O) groups is 2. The molecule has 0 radical (unpaired) electrons. The molecule has 2 aliphatic rings. The van der Waals surface area contributed by atoms with Gasteiger partial charge in [-0.25, -0.2) is 9.78 Å². The zero-order valence-corrected chi connectivity index (χ0v) is 17.2. The summed E-state index contributed by atoms with van der Waals surface area (Å²) in [6.45, 7) is 3.99. The molecule has 2 saturated heterocycles. The van der Waals surface area contributed by atoms with Crippen molar-refractivity contribution in [1.82, 2.24) is 30.4 Å². The van der Waals surface area contributed by atoms with Gasteiger partial charge in [-0.15, -0.1) is 0 Å². The van der Waals surface area contributed by atoms with E-state index in [1.165, 1.54) is 0 Å². The smallest absolute Gasteiger partial charge is 0.322 e. The van der Waals surface area contributed by atoms with Crippen molar-refractivity contribution in [2.24, 2.45) is 18.0 Å². The molecule has 0 saturated carbocycles. The van der Waals surface area contributed by atoms with Crippen molar-refractivity contribution in [2.75, 3.05) is 39.1 Å². The van der Waals surface area contributed by atoms with Crippen molar-refractivity contribution in [3.63, 3.8) is 0 Å². The van der Waals surface area contributed by atoms with Crippen LogP contribution in [0.4, 0.5) is 10.7 Å². The van der Waals surface area contributed by atoms with Gasteiger partial charge in [0, 0.05) is 41.3 Å². The molecule has 10 nitrogen and oxygen atoms in total. The number of aromatic nitrogens is 2. The van der Waals surface area contributed by atoms with Gasteiger partial charge in [-0.2, -0.15) is 0 Å². The highest BCUT2D eigenvalue weighted by molar-refractivity contribution is 6.07. The molecule has 3 rings (SSSR count). The van der Waals surface area contributed by atoms with E-state index < -0.39 is 11.6 Å². The summed E-state index contributed by atoms with van der Waals surface area (Å²) in [5.74, 6) is 1.60. The van der Waals surface area contributed by atoms with Crippen molar-refractivity contribution in [1.29, 1.82) is 0 Å². The number of hydrogen-bond acceptors (Lipinski definition) is 5. The maximum absolute atomic E-state index is 12.2. The molecule has 0 spiro atoms. The fourth-order valence-corrected chi connectivity index (χ4v) is 4.03. The second-order valence-corrected chi connectivity index (χ2v) is 7.78. The Kier molecular flexibility index (Phi) is 5.48. The van der Waals surface area contributed by atoms with Gasteiger partial charge in [-0.3, -0.25) is 15.1 Å². The van der Waals surface area contributed by atoms with Gasteiger partial charge in [0.2, 0.25) is 5.95 Å². The number of hydrogen-bond donors (Lipinski definition) is 3. The third kappa shape index (κ3) is 3.63. The van der Waals surface area contributed by atoms with E-state index in [0.29, 0.717) is 6.54 Å². The lowest BCUT2D eigenvalue weighted by atomic mass is 9.79. The van der Waals surface area contributed by atoms with E-state index in [1.807, 2.05) is 39.2 Å². The van der Waals surface area contributed by atoms with Crippen LogP contribution in [0, 0.1) is 5.92 Å². The Balaban J connectivity index is 1.57. The van der Waals surface area contributed by atoms with E-state index in [0.717, 1.165) is 43.5 Å². The van der Waals surface area contributed by atoms with Crippen molar-refractivity contribution < 1.29 is 9.59 Å². The average Bonchev–Trinajstić information content (AvgIpc) is 3.15. The number of amides is 3. The molecule has 10 heteroatoms. The quantitative estimate of drug-likeness (QED) is 0.376. The van der Waals surface area contributed by atoms with E-state index in [-0.39, 0.29) is 11.8 Å². The number of anilines is 1. The van der Waals surface area contributed by atoms with Gasteiger partial charge in [0.05, 0.1) is 18.4 Å². The van der Waals surface area contributed by atoms with Gasteiger partial charge in [-0.1, -0.05) is 0 Å². The highest BCUT2D eigenvalue weighted by Gasteiger charge is 2.48. The number of piperidine rings is 1. The van der Waals surface area contributed by atoms with Gasteiger partial charge in [0.25, 0.3) is 5.91 Å². The summed E-state index contributed by atoms with van der Waals surface area (Å²) in [4.78, 5) is 36.7. The Morgan fingerprint density at radius 2 is 2.07 bits per heavy atom. The molecule has 1 atom stereocenters. The second kappa shape index (κ2) is 7.69. The van der Waals surface area contributed by atoms with Crippen LogP contribution in [0.15, 0.2) is 11.2 Å². The highest BCUT2D eigenvalue weighted by Crippen LogP contribution is 2.30. The van der Waals surface area contributed by atoms with Crippen LogP contribution < -0.4 is 20.9 Å². The first-order chi connectivity index (χ1) is 13.3. The second-order valence-electron chi connectivity index (χ2n) is 7.78. The summed E-state index contributed by atoms with van der Waals surface area (Å²) in [7, 11) is 7.70. The lowest BCUT2D eigenvalue weighted by Gasteiger charge is -2.39. The van der Waals surface area contributed by atoms with Gasteiger partial charge < -0.3 is 25.0 Å². The first-order valence-corrected chi connectivity index (χ1v) is 9.53. The van der Waals surface area contributed by atoms with Crippen LogP contribution in [-0.4, -0.2) is 72.1 Å². The predicted molar refractivity (Wildman–Crippen MR) is 107 cm³/mol. The fourth-order valence-electron chi connectivity index (χ4n) is 4.03. The number of guanidine groups is 1. The van der Waals surface area contributed by atoms with E-state index >= 15 is 0 Å². The van der Waals surface area contributed by atoms with Crippen LogP contribution in [-0.2, 0) is 18.4 Å². The summed E-state index contributed by atoms with van der Waals surface area (Å²) in [6, 6.07) is -0.402. The minimum Gasteiger partial charge on any atom is -0.351 e. The molecule has 154 valence electrons. The SMILES string of the molecule is CN=C(NCc1cnc(N(C)C)n1C)N1CCC(C2(C)NC(=O)NC2=O)CC1. The number of rotatable bonds is 4. The Bertz CT molecular complexity index is 779. The predicted octanol–water partition coefficient (Wildman–Crippen LogP) is -0.128. The molecule has 2 fully saturated rings. The average molecular weight is 390 g/mol. The number of likely N-dealkylation sites (tertiary alicyclic amines) is 1. The molecule has 0 bridgehead atoms. The number of aliphatic imine (C=N–C) groups is 1. The molecule has 3 heterocycles. The van der Waals surface area contributed by atoms with Crippen LogP contribution in [0.1, 0.15) is 25.5 Å². The summed E-state index contributed by atoms with van der Waals surface area (Å²) < 4.78 is 2.05. The zero-order valence-electron chi connectivity index (χ0n) is 17.2. The first kappa shape index (κ1) is 20.0. The summed E-state index contributed by atoms with van der Waals surface area (Å²) in [6.07, 6.45) is 3.48. The van der Waals surface area contributed by atoms with E-state index in [4.69, 9.17) is 0 Å². The summed E-state index contributed by atoms with van der Waals surface area (Å²) in [5.41, 5.74) is 0.245. The molecule has 0 aromatic carbocycles. The molecular formula is C18H30N8O2. The Labute approximate surface area is 165 Å². The van der Waals surface area contributed by atoms with Crippen LogP contribution in [0.5, 0.6) is 0 Å². The number of carbonyl (C=O) groups excluding carboxylic acids is 2. The first-order valence-electron chi connectivity index (χ1n) is 9.53. The lowest BCUT2D eigenvalue weighted by molar-refractivity contribution is -0.125. The normalized spacial score (nSPS) is 23.6. The molecule has 1 aromatic heterocycles. The van der Waals surface area contributed by atoms with Crippen LogP contribution >= 0.6 is 0 Å². The lowest BCUT2D eigenvalue weighted by Crippen LogP contribution is -2.55. The molecule has 2 aliphatic heterocycles. The largest absolute Gasteiger partial charge is 0.351 e.